The Bertz CT molecular complexity index is 324. The molecule has 1 saturated carbocycles. The summed E-state index contributed by atoms with van der Waals surface area (Å²) in [5.41, 5.74) is 4.30. The number of nitrogens with zero attached hydrogens (tertiary/aromatic N) is 1. The van der Waals surface area contributed by atoms with Crippen LogP contribution in [-0.4, -0.2) is 53.9 Å². The molecule has 0 aromatic heterocycles. The second-order valence-electron chi connectivity index (χ2n) is 6.12. The molecular weight excluding hydrogens is 280 g/mol. The largest absolute Gasteiger partial charge is 0.388 e. The van der Waals surface area contributed by atoms with Crippen molar-refractivity contribution < 1.29 is 14.6 Å². The van der Waals surface area contributed by atoms with Gasteiger partial charge in [-0.1, -0.05) is 0 Å². The van der Waals surface area contributed by atoms with Crippen molar-refractivity contribution in [1.82, 2.24) is 4.90 Å². The molecule has 5 nitrogen and oxygen atoms in total. The zero-order valence-corrected chi connectivity index (χ0v) is 13.0. The second kappa shape index (κ2) is 7.59. The lowest BCUT2D eigenvalue weighted by molar-refractivity contribution is -0.126. The van der Waals surface area contributed by atoms with Crippen LogP contribution >= 0.6 is 12.4 Å². The Labute approximate surface area is 127 Å². The monoisotopic (exact) mass is 306 g/mol. The van der Waals surface area contributed by atoms with Crippen molar-refractivity contribution in [3.8, 4) is 0 Å². The molecule has 1 unspecified atom stereocenters. The Balaban J connectivity index is 0.00000200. The molecular formula is C14H27ClN2O3. The molecule has 2 aliphatic rings. The van der Waals surface area contributed by atoms with Gasteiger partial charge in [0.2, 0.25) is 5.91 Å². The third-order valence-corrected chi connectivity index (χ3v) is 4.25. The average molecular weight is 307 g/mol. The molecule has 1 aliphatic carbocycles. The van der Waals surface area contributed by atoms with Gasteiger partial charge in [0.25, 0.3) is 0 Å². The van der Waals surface area contributed by atoms with Crippen molar-refractivity contribution in [1.29, 1.82) is 0 Å². The van der Waals surface area contributed by atoms with Crippen LogP contribution in [0.2, 0.25) is 0 Å². The van der Waals surface area contributed by atoms with Crippen LogP contribution in [0.15, 0.2) is 0 Å². The highest BCUT2D eigenvalue weighted by Crippen LogP contribution is 2.32. The van der Waals surface area contributed by atoms with Gasteiger partial charge in [-0.25, -0.2) is 0 Å². The van der Waals surface area contributed by atoms with Crippen LogP contribution in [0.1, 0.15) is 39.0 Å². The summed E-state index contributed by atoms with van der Waals surface area (Å²) >= 11 is 0. The normalized spacial score (nSPS) is 34.1. The third-order valence-electron chi connectivity index (χ3n) is 4.25. The summed E-state index contributed by atoms with van der Waals surface area (Å²) in [6.07, 6.45) is 4.38. The molecule has 0 radical (unpaired) electrons. The number of amides is 1. The minimum Gasteiger partial charge on any atom is -0.388 e. The van der Waals surface area contributed by atoms with Gasteiger partial charge >= 0.3 is 0 Å². The number of piperidine rings is 1. The fourth-order valence-electron chi connectivity index (χ4n) is 3.39. The number of likely N-dealkylation sites (tertiary alicyclic amines) is 1. The van der Waals surface area contributed by atoms with Crippen LogP contribution in [0.5, 0.6) is 0 Å². The number of ether oxygens (including phenoxy) is 1. The first-order valence-electron chi connectivity index (χ1n) is 7.35. The summed E-state index contributed by atoms with van der Waals surface area (Å²) in [6, 6.07) is 0. The predicted octanol–water partition coefficient (Wildman–Crippen LogP) is 0.926. The van der Waals surface area contributed by atoms with Gasteiger partial charge in [0, 0.05) is 19.7 Å². The number of hydrogen-bond acceptors (Lipinski definition) is 4. The first-order chi connectivity index (χ1) is 9.00. The lowest BCUT2D eigenvalue weighted by Crippen LogP contribution is -2.52. The summed E-state index contributed by atoms with van der Waals surface area (Å²) in [5, 5.41) is 10.4. The van der Waals surface area contributed by atoms with E-state index in [0.29, 0.717) is 25.0 Å². The van der Waals surface area contributed by atoms with Gasteiger partial charge in [-0.15, -0.1) is 12.4 Å². The lowest BCUT2D eigenvalue weighted by atomic mass is 9.80. The number of carbonyl (C=O) groups is 1. The maximum atomic E-state index is 11.0. The molecule has 1 aliphatic heterocycles. The van der Waals surface area contributed by atoms with Crippen LogP contribution in [0.4, 0.5) is 0 Å². The SMILES string of the molecule is CCOC1CC(CN2CCCC(O)(CC(N)=O)C2)C1.Cl. The number of hydrogen-bond donors (Lipinski definition) is 2. The van der Waals surface area contributed by atoms with Crippen LogP contribution in [0.3, 0.4) is 0 Å². The summed E-state index contributed by atoms with van der Waals surface area (Å²) in [6.45, 7) is 5.41. The Morgan fingerprint density at radius 2 is 2.20 bits per heavy atom. The van der Waals surface area contributed by atoms with Gasteiger partial charge in [0.05, 0.1) is 18.1 Å². The van der Waals surface area contributed by atoms with E-state index in [1.165, 1.54) is 0 Å². The molecule has 0 bridgehead atoms. The van der Waals surface area contributed by atoms with Crippen LogP contribution in [0, 0.1) is 5.92 Å². The van der Waals surface area contributed by atoms with E-state index in [1.54, 1.807) is 0 Å². The van der Waals surface area contributed by atoms with Gasteiger partial charge in [0.1, 0.15) is 0 Å². The summed E-state index contributed by atoms with van der Waals surface area (Å²) < 4.78 is 5.56. The third kappa shape index (κ3) is 4.88. The number of carbonyl (C=O) groups excluding carboxylic acids is 1. The summed E-state index contributed by atoms with van der Waals surface area (Å²) in [7, 11) is 0. The first kappa shape index (κ1) is 17.7. The molecule has 118 valence electrons. The van der Waals surface area contributed by atoms with Crippen molar-refractivity contribution in [3.63, 3.8) is 0 Å². The van der Waals surface area contributed by atoms with Crippen molar-refractivity contribution in [2.24, 2.45) is 11.7 Å². The minimum absolute atomic E-state index is 0. The number of halogens is 1. The molecule has 1 amide bonds. The lowest BCUT2D eigenvalue weighted by Gasteiger charge is -2.43. The van der Waals surface area contributed by atoms with Gasteiger partial charge in [-0.3, -0.25) is 4.79 Å². The summed E-state index contributed by atoms with van der Waals surface area (Å²) in [4.78, 5) is 13.3. The summed E-state index contributed by atoms with van der Waals surface area (Å²) in [5.74, 6) is 0.261. The van der Waals surface area contributed by atoms with E-state index in [1.807, 2.05) is 6.92 Å². The molecule has 0 aromatic carbocycles. The number of aliphatic hydroxyl groups is 1. The van der Waals surface area contributed by atoms with Crippen molar-refractivity contribution in [2.75, 3.05) is 26.2 Å². The Kier molecular flexibility index (Phi) is 6.72. The van der Waals surface area contributed by atoms with Crippen molar-refractivity contribution in [3.05, 3.63) is 0 Å². The average Bonchev–Trinajstić information content (AvgIpc) is 2.24. The van der Waals surface area contributed by atoms with Crippen LogP contribution in [0.25, 0.3) is 0 Å². The van der Waals surface area contributed by atoms with Gasteiger partial charge < -0.3 is 20.5 Å². The number of nitrogens with two attached hydrogens (primary N) is 1. The van der Waals surface area contributed by atoms with E-state index >= 15 is 0 Å². The van der Waals surface area contributed by atoms with Gasteiger partial charge in [-0.05, 0) is 45.1 Å². The Morgan fingerprint density at radius 1 is 1.50 bits per heavy atom. The van der Waals surface area contributed by atoms with Crippen molar-refractivity contribution in [2.45, 2.75) is 50.7 Å². The van der Waals surface area contributed by atoms with Crippen LogP contribution in [-0.2, 0) is 9.53 Å². The zero-order chi connectivity index (χ0) is 13.9. The van der Waals surface area contributed by atoms with E-state index in [0.717, 1.165) is 39.0 Å². The molecule has 2 rings (SSSR count). The maximum absolute atomic E-state index is 11.0. The van der Waals surface area contributed by atoms with Gasteiger partial charge in [-0.2, -0.15) is 0 Å². The Hall–Kier alpha value is -0.360. The molecule has 1 heterocycles. The molecule has 1 atom stereocenters. The fraction of sp³-hybridized carbons (Fsp3) is 0.929. The smallest absolute Gasteiger partial charge is 0.220 e. The fourth-order valence-corrected chi connectivity index (χ4v) is 3.39. The van der Waals surface area contributed by atoms with E-state index < -0.39 is 11.5 Å². The number of primary amides is 1. The van der Waals surface area contributed by atoms with E-state index in [-0.39, 0.29) is 18.8 Å². The quantitative estimate of drug-likeness (QED) is 0.765. The second-order valence-corrected chi connectivity index (χ2v) is 6.12. The molecule has 20 heavy (non-hydrogen) atoms. The topological polar surface area (TPSA) is 75.8 Å². The molecule has 2 fully saturated rings. The molecule has 0 spiro atoms. The number of β-amino-alcohol motifs (C(OH)–C–C–N with tert-alkyl or cyclic N) is 1. The molecule has 6 heteroatoms. The molecule has 1 saturated heterocycles. The molecule has 3 N–H and O–H groups in total. The van der Waals surface area contributed by atoms with E-state index in [2.05, 4.69) is 4.90 Å². The zero-order valence-electron chi connectivity index (χ0n) is 12.2. The highest BCUT2D eigenvalue weighted by molar-refractivity contribution is 5.85. The molecule has 0 aromatic rings. The standard InChI is InChI=1S/C14H26N2O3.ClH/c1-2-19-12-6-11(7-12)9-16-5-3-4-14(18,10-16)8-13(15)17;/h11-12,18H,2-10H2,1H3,(H2,15,17);1H. The first-order valence-corrected chi connectivity index (χ1v) is 7.35. The Morgan fingerprint density at radius 3 is 2.80 bits per heavy atom. The maximum Gasteiger partial charge on any atom is 0.220 e. The van der Waals surface area contributed by atoms with E-state index in [9.17, 15) is 9.90 Å². The highest BCUT2D eigenvalue weighted by Gasteiger charge is 2.37. The number of rotatable bonds is 6. The van der Waals surface area contributed by atoms with Gasteiger partial charge in [0.15, 0.2) is 0 Å². The van der Waals surface area contributed by atoms with E-state index in [4.69, 9.17) is 10.5 Å². The van der Waals surface area contributed by atoms with Crippen molar-refractivity contribution >= 4 is 18.3 Å². The predicted molar refractivity (Wildman–Crippen MR) is 79.8 cm³/mol. The highest BCUT2D eigenvalue weighted by atomic mass is 35.5. The minimum atomic E-state index is -0.910. The van der Waals surface area contributed by atoms with Crippen LogP contribution < -0.4 is 5.73 Å².